The fourth-order valence-electron chi connectivity index (χ4n) is 5.07. The number of hydrogen-bond acceptors (Lipinski definition) is 4. The van der Waals surface area contributed by atoms with Crippen LogP contribution in [-0.4, -0.2) is 34.1 Å². The standard InChI is InChI=1S/C29H29F2N3O2S/c30-23-8-4-20(5-9-23)27(21-6-10-24(31)11-7-21)22-12-16-33(17-13-22)14-2-1-3-15-34-28(35)25-18-37-19-26(25)32-29(34)36/h4-11,18-19H,1-3,12-17H2,(H,32,36). The Morgan fingerprint density at radius 3 is 2.03 bits per heavy atom. The lowest BCUT2D eigenvalue weighted by atomic mass is 9.88. The second kappa shape index (κ2) is 11.4. The van der Waals surface area contributed by atoms with Crippen molar-refractivity contribution in [3.05, 3.63) is 108 Å². The average Bonchev–Trinajstić information content (AvgIpc) is 3.37. The van der Waals surface area contributed by atoms with Crippen LogP contribution in [0.4, 0.5) is 8.78 Å². The molecule has 3 heterocycles. The predicted octanol–water partition coefficient (Wildman–Crippen LogP) is 5.80. The Morgan fingerprint density at radius 2 is 1.41 bits per heavy atom. The molecule has 1 fully saturated rings. The molecule has 1 saturated heterocycles. The fraction of sp³-hybridized carbons (Fsp3) is 0.310. The van der Waals surface area contributed by atoms with E-state index in [2.05, 4.69) is 9.88 Å². The minimum absolute atomic E-state index is 0.214. The predicted molar refractivity (Wildman–Crippen MR) is 145 cm³/mol. The Morgan fingerprint density at radius 1 is 0.811 bits per heavy atom. The van der Waals surface area contributed by atoms with Crippen molar-refractivity contribution in [3.63, 3.8) is 0 Å². The molecule has 0 aliphatic carbocycles. The number of unbranched alkanes of at least 4 members (excludes halogenated alkanes) is 2. The Labute approximate surface area is 217 Å². The molecule has 0 saturated carbocycles. The first kappa shape index (κ1) is 25.3. The average molecular weight is 522 g/mol. The van der Waals surface area contributed by atoms with Gasteiger partial charge >= 0.3 is 5.69 Å². The molecule has 192 valence electrons. The van der Waals surface area contributed by atoms with E-state index in [-0.39, 0.29) is 22.9 Å². The fourth-order valence-corrected chi connectivity index (χ4v) is 5.82. The lowest BCUT2D eigenvalue weighted by Gasteiger charge is -2.30. The van der Waals surface area contributed by atoms with Crippen LogP contribution in [0.15, 0.2) is 74.5 Å². The normalized spacial score (nSPS) is 14.4. The molecule has 0 unspecified atom stereocenters. The van der Waals surface area contributed by atoms with Gasteiger partial charge in [0.05, 0.1) is 10.9 Å². The molecule has 0 spiro atoms. The number of hydrogen-bond donors (Lipinski definition) is 1. The van der Waals surface area contributed by atoms with E-state index in [1.165, 1.54) is 45.7 Å². The smallest absolute Gasteiger partial charge is 0.306 e. The van der Waals surface area contributed by atoms with E-state index in [9.17, 15) is 18.4 Å². The van der Waals surface area contributed by atoms with Crippen LogP contribution in [0.5, 0.6) is 0 Å². The quantitative estimate of drug-likeness (QED) is 0.298. The molecule has 5 nitrogen and oxygen atoms in total. The summed E-state index contributed by atoms with van der Waals surface area (Å²) >= 11 is 1.41. The van der Waals surface area contributed by atoms with Gasteiger partial charge in [0.1, 0.15) is 11.6 Å². The minimum Gasteiger partial charge on any atom is -0.306 e. The largest absolute Gasteiger partial charge is 0.328 e. The summed E-state index contributed by atoms with van der Waals surface area (Å²) in [6.45, 7) is 3.24. The van der Waals surface area contributed by atoms with Gasteiger partial charge in [-0.2, -0.15) is 0 Å². The molecule has 2 aromatic carbocycles. The van der Waals surface area contributed by atoms with Crippen molar-refractivity contribution in [2.24, 2.45) is 0 Å². The Hall–Kier alpha value is -3.36. The second-order valence-electron chi connectivity index (χ2n) is 9.48. The zero-order valence-corrected chi connectivity index (χ0v) is 21.3. The topological polar surface area (TPSA) is 58.1 Å². The molecule has 2 aromatic heterocycles. The number of thiophene rings is 1. The number of nitrogens with zero attached hydrogens (tertiary/aromatic N) is 2. The van der Waals surface area contributed by atoms with Gasteiger partial charge in [0.25, 0.3) is 5.56 Å². The van der Waals surface area contributed by atoms with E-state index in [0.29, 0.717) is 17.4 Å². The molecular weight excluding hydrogens is 492 g/mol. The molecule has 1 N–H and O–H groups in total. The number of aromatic nitrogens is 2. The Balaban J connectivity index is 1.17. The number of piperidine rings is 1. The maximum absolute atomic E-state index is 13.6. The first-order valence-electron chi connectivity index (χ1n) is 12.6. The van der Waals surface area contributed by atoms with Crippen molar-refractivity contribution in [1.82, 2.24) is 14.5 Å². The van der Waals surface area contributed by atoms with Crippen LogP contribution in [0.3, 0.4) is 0 Å². The number of fused-ring (bicyclic) bond motifs is 1. The van der Waals surface area contributed by atoms with Crippen molar-refractivity contribution in [2.45, 2.75) is 38.6 Å². The summed E-state index contributed by atoms with van der Waals surface area (Å²) in [5.41, 5.74) is 4.31. The number of likely N-dealkylation sites (tertiary alicyclic amines) is 1. The molecule has 4 aromatic rings. The Kier molecular flexibility index (Phi) is 7.76. The van der Waals surface area contributed by atoms with E-state index in [1.54, 1.807) is 35.0 Å². The van der Waals surface area contributed by atoms with Gasteiger partial charge in [0.15, 0.2) is 0 Å². The highest BCUT2D eigenvalue weighted by atomic mass is 32.1. The number of halogens is 2. The van der Waals surface area contributed by atoms with Crippen molar-refractivity contribution < 1.29 is 8.78 Å². The monoisotopic (exact) mass is 521 g/mol. The van der Waals surface area contributed by atoms with Crippen LogP contribution < -0.4 is 11.2 Å². The van der Waals surface area contributed by atoms with Gasteiger partial charge in [-0.1, -0.05) is 36.3 Å². The van der Waals surface area contributed by atoms with Crippen molar-refractivity contribution >= 4 is 27.8 Å². The molecule has 1 aliphatic heterocycles. The molecule has 5 rings (SSSR count). The maximum atomic E-state index is 13.6. The van der Waals surface area contributed by atoms with Gasteiger partial charge in [0, 0.05) is 30.4 Å². The summed E-state index contributed by atoms with van der Waals surface area (Å²) in [5, 5.41) is 4.13. The number of aromatic amines is 1. The number of benzene rings is 2. The third-order valence-electron chi connectivity index (χ3n) is 7.06. The molecule has 8 heteroatoms. The summed E-state index contributed by atoms with van der Waals surface area (Å²) in [6.07, 6.45) is 4.50. The minimum atomic E-state index is -0.343. The summed E-state index contributed by atoms with van der Waals surface area (Å²) in [4.78, 5) is 30.0. The van der Waals surface area contributed by atoms with Crippen LogP contribution in [0, 0.1) is 11.6 Å². The van der Waals surface area contributed by atoms with Crippen molar-refractivity contribution in [3.8, 4) is 0 Å². The molecule has 37 heavy (non-hydrogen) atoms. The number of rotatable bonds is 8. The first-order chi connectivity index (χ1) is 18.0. The van der Waals surface area contributed by atoms with E-state index in [0.717, 1.165) is 68.4 Å². The molecule has 0 radical (unpaired) electrons. The third kappa shape index (κ3) is 5.81. The molecule has 0 atom stereocenters. The van der Waals surface area contributed by atoms with Gasteiger partial charge in [-0.15, -0.1) is 11.3 Å². The first-order valence-corrected chi connectivity index (χ1v) is 13.6. The van der Waals surface area contributed by atoms with Crippen LogP contribution in [0.25, 0.3) is 16.5 Å². The lowest BCUT2D eigenvalue weighted by Crippen LogP contribution is -2.35. The van der Waals surface area contributed by atoms with Gasteiger partial charge < -0.3 is 9.88 Å². The van der Waals surface area contributed by atoms with E-state index in [4.69, 9.17) is 0 Å². The van der Waals surface area contributed by atoms with Gasteiger partial charge in [0.2, 0.25) is 0 Å². The van der Waals surface area contributed by atoms with Gasteiger partial charge in [-0.25, -0.2) is 13.6 Å². The van der Waals surface area contributed by atoms with Crippen LogP contribution in [0.1, 0.15) is 43.2 Å². The summed E-state index contributed by atoms with van der Waals surface area (Å²) in [5.74, 6) is -0.549. The molecule has 1 aliphatic rings. The molecule has 0 bridgehead atoms. The highest BCUT2D eigenvalue weighted by Crippen LogP contribution is 2.32. The van der Waals surface area contributed by atoms with Crippen LogP contribution in [-0.2, 0) is 6.54 Å². The zero-order valence-electron chi connectivity index (χ0n) is 20.5. The van der Waals surface area contributed by atoms with Crippen LogP contribution in [0.2, 0.25) is 0 Å². The zero-order chi connectivity index (χ0) is 25.8. The van der Waals surface area contributed by atoms with Gasteiger partial charge in [-0.3, -0.25) is 9.36 Å². The maximum Gasteiger partial charge on any atom is 0.328 e. The van der Waals surface area contributed by atoms with E-state index >= 15 is 0 Å². The Bertz CT molecular complexity index is 1460. The summed E-state index contributed by atoms with van der Waals surface area (Å²) < 4.78 is 28.4. The highest BCUT2D eigenvalue weighted by molar-refractivity contribution is 7.09. The van der Waals surface area contributed by atoms with Crippen molar-refractivity contribution in [2.75, 3.05) is 19.6 Å². The van der Waals surface area contributed by atoms with Crippen LogP contribution >= 0.6 is 11.3 Å². The van der Waals surface area contributed by atoms with Crippen molar-refractivity contribution in [1.29, 1.82) is 0 Å². The number of nitrogens with one attached hydrogen (secondary N) is 1. The molecular formula is C29H29F2N3O2S. The van der Waals surface area contributed by atoms with Gasteiger partial charge in [-0.05, 0) is 73.2 Å². The lowest BCUT2D eigenvalue weighted by molar-refractivity contribution is 0.250. The summed E-state index contributed by atoms with van der Waals surface area (Å²) in [7, 11) is 0. The van der Waals surface area contributed by atoms with E-state index in [1.807, 2.05) is 0 Å². The summed E-state index contributed by atoms with van der Waals surface area (Å²) in [6, 6.07) is 13.0. The third-order valence-corrected chi connectivity index (χ3v) is 7.80. The molecule has 0 amide bonds. The SMILES string of the molecule is O=c1[nH]c2cscc2c(=O)n1CCCCCN1CCC(=C(c2ccc(F)cc2)c2ccc(F)cc2)CC1. The number of H-pyrrole nitrogens is 1. The highest BCUT2D eigenvalue weighted by Gasteiger charge is 2.19. The second-order valence-corrected chi connectivity index (χ2v) is 10.2. The van der Waals surface area contributed by atoms with E-state index < -0.39 is 0 Å².